The molecule has 3 aromatic carbocycles. The summed E-state index contributed by atoms with van der Waals surface area (Å²) in [7, 11) is 0. The zero-order valence-corrected chi connectivity index (χ0v) is 16.5. The number of amides is 1. The van der Waals surface area contributed by atoms with Gasteiger partial charge in [-0.3, -0.25) is 9.69 Å². The average Bonchev–Trinajstić information content (AvgIpc) is 2.79. The summed E-state index contributed by atoms with van der Waals surface area (Å²) in [6.07, 6.45) is 0. The Balaban J connectivity index is 1.36. The number of nitrogens with zero attached hydrogens (tertiary/aromatic N) is 2. The maximum atomic E-state index is 13.1. The molecular formula is C25H26N2O2. The number of carbonyl (C=O) groups is 1. The fourth-order valence-corrected chi connectivity index (χ4v) is 3.63. The van der Waals surface area contributed by atoms with E-state index in [4.69, 9.17) is 4.74 Å². The summed E-state index contributed by atoms with van der Waals surface area (Å²) in [5, 5.41) is 0. The van der Waals surface area contributed by atoms with Gasteiger partial charge in [0.2, 0.25) is 0 Å². The fraction of sp³-hybridized carbons (Fsp3) is 0.240. The molecule has 0 aromatic heterocycles. The van der Waals surface area contributed by atoms with Gasteiger partial charge in [-0.1, -0.05) is 72.8 Å². The predicted octanol–water partition coefficient (Wildman–Crippen LogP) is 4.22. The van der Waals surface area contributed by atoms with Gasteiger partial charge >= 0.3 is 0 Å². The van der Waals surface area contributed by atoms with Gasteiger partial charge in [0.1, 0.15) is 12.4 Å². The van der Waals surface area contributed by atoms with E-state index in [2.05, 4.69) is 29.2 Å². The third kappa shape index (κ3) is 5.04. The smallest absolute Gasteiger partial charge is 0.257 e. The highest BCUT2D eigenvalue weighted by Gasteiger charge is 2.24. The normalized spacial score (nSPS) is 14.6. The lowest BCUT2D eigenvalue weighted by Crippen LogP contribution is -2.48. The van der Waals surface area contributed by atoms with Crippen LogP contribution in [0.15, 0.2) is 84.9 Å². The minimum Gasteiger partial charge on any atom is -0.488 e. The summed E-state index contributed by atoms with van der Waals surface area (Å²) >= 11 is 0. The van der Waals surface area contributed by atoms with Crippen molar-refractivity contribution in [3.05, 3.63) is 102 Å². The average molecular weight is 386 g/mol. The molecule has 4 heteroatoms. The second-order valence-electron chi connectivity index (χ2n) is 7.32. The summed E-state index contributed by atoms with van der Waals surface area (Å²) in [4.78, 5) is 17.5. The molecule has 1 amide bonds. The van der Waals surface area contributed by atoms with Crippen molar-refractivity contribution in [1.29, 1.82) is 0 Å². The highest BCUT2D eigenvalue weighted by molar-refractivity contribution is 5.97. The van der Waals surface area contributed by atoms with Crippen molar-refractivity contribution >= 4 is 5.91 Å². The lowest BCUT2D eigenvalue weighted by atomic mass is 10.1. The van der Waals surface area contributed by atoms with Gasteiger partial charge in [-0.05, 0) is 23.3 Å². The molecule has 1 saturated heterocycles. The fourth-order valence-electron chi connectivity index (χ4n) is 3.63. The highest BCUT2D eigenvalue weighted by atomic mass is 16.5. The molecule has 0 bridgehead atoms. The van der Waals surface area contributed by atoms with Crippen molar-refractivity contribution in [2.24, 2.45) is 0 Å². The topological polar surface area (TPSA) is 32.8 Å². The second kappa shape index (κ2) is 9.39. The number of hydrogen-bond acceptors (Lipinski definition) is 3. The first-order valence-electron chi connectivity index (χ1n) is 10.1. The van der Waals surface area contributed by atoms with Crippen molar-refractivity contribution in [2.75, 3.05) is 26.2 Å². The first-order chi connectivity index (χ1) is 14.3. The first kappa shape index (κ1) is 19.2. The molecule has 0 N–H and O–H groups in total. The van der Waals surface area contributed by atoms with Gasteiger partial charge in [0.15, 0.2) is 0 Å². The largest absolute Gasteiger partial charge is 0.488 e. The minimum absolute atomic E-state index is 0.0491. The zero-order valence-electron chi connectivity index (χ0n) is 16.5. The molecule has 0 atom stereocenters. The monoisotopic (exact) mass is 386 g/mol. The van der Waals surface area contributed by atoms with Gasteiger partial charge in [-0.25, -0.2) is 0 Å². The predicted molar refractivity (Wildman–Crippen MR) is 115 cm³/mol. The van der Waals surface area contributed by atoms with Crippen LogP contribution in [-0.4, -0.2) is 41.9 Å². The van der Waals surface area contributed by atoms with Crippen molar-refractivity contribution in [3.8, 4) is 5.75 Å². The molecule has 29 heavy (non-hydrogen) atoms. The van der Waals surface area contributed by atoms with E-state index >= 15 is 0 Å². The van der Waals surface area contributed by atoms with Crippen molar-refractivity contribution in [1.82, 2.24) is 9.80 Å². The van der Waals surface area contributed by atoms with Crippen LogP contribution in [-0.2, 0) is 13.2 Å². The standard InChI is InChI=1S/C25H26N2O2/c28-25(27-17-15-26(16-18-27)19-21-9-3-1-4-10-21)23-13-7-8-14-24(23)29-20-22-11-5-2-6-12-22/h1-14H,15-20H2. The third-order valence-electron chi connectivity index (χ3n) is 5.26. The first-order valence-corrected chi connectivity index (χ1v) is 10.1. The molecule has 0 spiro atoms. The number of ether oxygens (including phenoxy) is 1. The van der Waals surface area contributed by atoms with Crippen LogP contribution in [0.5, 0.6) is 5.75 Å². The Morgan fingerprint density at radius 3 is 2.00 bits per heavy atom. The van der Waals surface area contributed by atoms with E-state index in [0.717, 1.165) is 38.3 Å². The zero-order chi connectivity index (χ0) is 19.9. The Kier molecular flexibility index (Phi) is 6.22. The molecule has 148 valence electrons. The molecule has 1 fully saturated rings. The van der Waals surface area contributed by atoms with Crippen molar-refractivity contribution in [3.63, 3.8) is 0 Å². The number of benzene rings is 3. The van der Waals surface area contributed by atoms with E-state index < -0.39 is 0 Å². The van der Waals surface area contributed by atoms with Gasteiger partial charge in [-0.2, -0.15) is 0 Å². The van der Waals surface area contributed by atoms with Crippen LogP contribution in [0, 0.1) is 0 Å². The van der Waals surface area contributed by atoms with E-state index in [1.54, 1.807) is 0 Å². The molecule has 0 unspecified atom stereocenters. The molecule has 0 saturated carbocycles. The summed E-state index contributed by atoms with van der Waals surface area (Å²) in [5.74, 6) is 0.695. The van der Waals surface area contributed by atoms with E-state index in [-0.39, 0.29) is 5.91 Å². The summed E-state index contributed by atoms with van der Waals surface area (Å²) in [6, 6.07) is 28.0. The van der Waals surface area contributed by atoms with Crippen LogP contribution in [0.3, 0.4) is 0 Å². The second-order valence-corrected chi connectivity index (χ2v) is 7.32. The molecular weight excluding hydrogens is 360 g/mol. The molecule has 1 heterocycles. The Labute approximate surface area is 172 Å². The van der Waals surface area contributed by atoms with Crippen LogP contribution in [0.2, 0.25) is 0 Å². The van der Waals surface area contributed by atoms with E-state index in [0.29, 0.717) is 17.9 Å². The molecule has 1 aliphatic rings. The number of hydrogen-bond donors (Lipinski definition) is 0. The van der Waals surface area contributed by atoms with Crippen LogP contribution in [0.25, 0.3) is 0 Å². The van der Waals surface area contributed by atoms with E-state index in [1.807, 2.05) is 65.6 Å². The van der Waals surface area contributed by atoms with Gasteiger partial charge in [0.05, 0.1) is 5.56 Å². The molecule has 3 aromatic rings. The summed E-state index contributed by atoms with van der Waals surface area (Å²) in [6.45, 7) is 4.62. The highest BCUT2D eigenvalue weighted by Crippen LogP contribution is 2.22. The Morgan fingerprint density at radius 2 is 1.31 bits per heavy atom. The molecule has 0 radical (unpaired) electrons. The number of carbonyl (C=O) groups excluding carboxylic acids is 1. The quantitative estimate of drug-likeness (QED) is 0.636. The van der Waals surface area contributed by atoms with E-state index in [1.165, 1.54) is 5.56 Å². The van der Waals surface area contributed by atoms with Crippen molar-refractivity contribution < 1.29 is 9.53 Å². The summed E-state index contributed by atoms with van der Waals surface area (Å²) in [5.41, 5.74) is 3.04. The van der Waals surface area contributed by atoms with Crippen LogP contribution in [0.4, 0.5) is 0 Å². The Bertz CT molecular complexity index is 920. The third-order valence-corrected chi connectivity index (χ3v) is 5.26. The van der Waals surface area contributed by atoms with Gasteiger partial charge < -0.3 is 9.64 Å². The Hall–Kier alpha value is -3.11. The van der Waals surface area contributed by atoms with Crippen LogP contribution in [0.1, 0.15) is 21.5 Å². The Morgan fingerprint density at radius 1 is 0.724 bits per heavy atom. The number of para-hydroxylation sites is 1. The van der Waals surface area contributed by atoms with Crippen molar-refractivity contribution in [2.45, 2.75) is 13.2 Å². The van der Waals surface area contributed by atoms with Gasteiger partial charge in [-0.15, -0.1) is 0 Å². The number of piperazine rings is 1. The number of rotatable bonds is 6. The van der Waals surface area contributed by atoms with Crippen LogP contribution < -0.4 is 4.74 Å². The molecule has 0 aliphatic carbocycles. The maximum Gasteiger partial charge on any atom is 0.257 e. The van der Waals surface area contributed by atoms with Crippen LogP contribution >= 0.6 is 0 Å². The van der Waals surface area contributed by atoms with Gasteiger partial charge in [0, 0.05) is 32.7 Å². The lowest BCUT2D eigenvalue weighted by Gasteiger charge is -2.35. The molecule has 1 aliphatic heterocycles. The minimum atomic E-state index is 0.0491. The maximum absolute atomic E-state index is 13.1. The molecule has 4 nitrogen and oxygen atoms in total. The SMILES string of the molecule is O=C(c1ccccc1OCc1ccccc1)N1CCN(Cc2ccccc2)CC1. The van der Waals surface area contributed by atoms with Gasteiger partial charge in [0.25, 0.3) is 5.91 Å². The van der Waals surface area contributed by atoms with E-state index in [9.17, 15) is 4.79 Å². The molecule has 4 rings (SSSR count). The lowest BCUT2D eigenvalue weighted by molar-refractivity contribution is 0.0624. The summed E-state index contributed by atoms with van der Waals surface area (Å²) < 4.78 is 5.98.